The Morgan fingerprint density at radius 2 is 1.45 bits per heavy atom. The zero-order valence-corrected chi connectivity index (χ0v) is 24.1. The molecule has 3 aromatic carbocycles. The topological polar surface area (TPSA) is 101 Å². The number of anilines is 1. The number of esters is 1. The molecule has 0 bridgehead atoms. The van der Waals surface area contributed by atoms with Gasteiger partial charge in [0, 0.05) is 28.6 Å². The van der Waals surface area contributed by atoms with Crippen molar-refractivity contribution in [3.63, 3.8) is 0 Å². The maximum absolute atomic E-state index is 14.1. The lowest BCUT2D eigenvalue weighted by Gasteiger charge is -2.20. The Morgan fingerprint density at radius 3 is 2.05 bits per heavy atom. The van der Waals surface area contributed by atoms with E-state index < -0.39 is 18.2 Å². The third-order valence-electron chi connectivity index (χ3n) is 7.15. The molecular formula is C34H37FN2O5. The van der Waals surface area contributed by atoms with Crippen molar-refractivity contribution in [3.8, 4) is 22.3 Å². The summed E-state index contributed by atoms with van der Waals surface area (Å²) in [4.78, 5) is 25.6. The molecule has 42 heavy (non-hydrogen) atoms. The van der Waals surface area contributed by atoms with E-state index in [2.05, 4.69) is 10.1 Å². The van der Waals surface area contributed by atoms with E-state index in [0.717, 1.165) is 22.4 Å². The van der Waals surface area contributed by atoms with Gasteiger partial charge in [0.1, 0.15) is 11.5 Å². The highest BCUT2D eigenvalue weighted by molar-refractivity contribution is 6.11. The zero-order valence-electron chi connectivity index (χ0n) is 24.1. The van der Waals surface area contributed by atoms with Crippen molar-refractivity contribution in [2.45, 2.75) is 57.8 Å². The number of halogens is 1. The molecule has 1 amide bonds. The second-order valence-corrected chi connectivity index (χ2v) is 10.6. The zero-order chi connectivity index (χ0) is 30.2. The molecule has 8 heteroatoms. The molecule has 0 radical (unpaired) electrons. The Kier molecular flexibility index (Phi) is 10.3. The molecule has 0 spiro atoms. The number of carbonyl (C=O) groups excluding carboxylic acids is 2. The summed E-state index contributed by atoms with van der Waals surface area (Å²) in [7, 11) is 1.25. The lowest BCUT2D eigenvalue weighted by atomic mass is 9.92. The largest absolute Gasteiger partial charge is 0.469 e. The van der Waals surface area contributed by atoms with Gasteiger partial charge in [-0.25, -0.2) is 4.39 Å². The number of ether oxygens (including phenoxy) is 1. The predicted octanol–water partition coefficient (Wildman–Crippen LogP) is 6.40. The van der Waals surface area contributed by atoms with Crippen LogP contribution in [0.1, 0.15) is 55.3 Å². The molecular weight excluding hydrogens is 535 g/mol. The summed E-state index contributed by atoms with van der Waals surface area (Å²) in [6, 6.07) is 24.8. The van der Waals surface area contributed by atoms with Crippen LogP contribution in [-0.2, 0) is 16.0 Å². The fourth-order valence-corrected chi connectivity index (χ4v) is 5.30. The van der Waals surface area contributed by atoms with Crippen LogP contribution in [0.4, 0.5) is 10.1 Å². The first-order valence-electron chi connectivity index (χ1n) is 14.1. The number of methoxy groups -OCH3 is 1. The maximum Gasteiger partial charge on any atom is 0.308 e. The third-order valence-corrected chi connectivity index (χ3v) is 7.15. The summed E-state index contributed by atoms with van der Waals surface area (Å²) in [6.07, 6.45) is -1.56. The molecule has 7 nitrogen and oxygen atoms in total. The Labute approximate surface area is 245 Å². The van der Waals surface area contributed by atoms with Crippen LogP contribution in [0.3, 0.4) is 0 Å². The van der Waals surface area contributed by atoms with Crippen molar-refractivity contribution in [3.05, 3.63) is 102 Å². The highest BCUT2D eigenvalue weighted by Gasteiger charge is 2.30. The highest BCUT2D eigenvalue weighted by Crippen LogP contribution is 2.42. The van der Waals surface area contributed by atoms with Gasteiger partial charge in [-0.15, -0.1) is 0 Å². The monoisotopic (exact) mass is 572 g/mol. The van der Waals surface area contributed by atoms with Gasteiger partial charge in [-0.2, -0.15) is 0 Å². The van der Waals surface area contributed by atoms with Gasteiger partial charge in [0.05, 0.1) is 25.7 Å². The van der Waals surface area contributed by atoms with E-state index >= 15 is 0 Å². The molecule has 0 fully saturated rings. The Bertz CT molecular complexity index is 1480. The second-order valence-electron chi connectivity index (χ2n) is 10.6. The fourth-order valence-electron chi connectivity index (χ4n) is 5.30. The summed E-state index contributed by atoms with van der Waals surface area (Å²) in [5.74, 6) is -1.22. The van der Waals surface area contributed by atoms with Crippen molar-refractivity contribution < 1.29 is 28.9 Å². The highest BCUT2D eigenvalue weighted by atomic mass is 19.1. The average Bonchev–Trinajstić information content (AvgIpc) is 3.33. The van der Waals surface area contributed by atoms with Crippen LogP contribution in [0.25, 0.3) is 22.3 Å². The smallest absolute Gasteiger partial charge is 0.308 e. The Hall–Kier alpha value is -4.27. The second kappa shape index (κ2) is 14.1. The van der Waals surface area contributed by atoms with E-state index in [1.807, 2.05) is 79.1 Å². The van der Waals surface area contributed by atoms with Gasteiger partial charge in [0.25, 0.3) is 5.91 Å². The van der Waals surface area contributed by atoms with E-state index in [1.165, 1.54) is 19.2 Å². The van der Waals surface area contributed by atoms with Crippen molar-refractivity contribution in [1.29, 1.82) is 0 Å². The molecule has 0 saturated heterocycles. The summed E-state index contributed by atoms with van der Waals surface area (Å²) >= 11 is 0. The number of rotatable bonds is 12. The molecule has 1 heterocycles. The van der Waals surface area contributed by atoms with Gasteiger partial charge < -0.3 is 24.8 Å². The minimum absolute atomic E-state index is 0.00371. The summed E-state index contributed by atoms with van der Waals surface area (Å²) < 4.78 is 20.6. The van der Waals surface area contributed by atoms with E-state index in [1.54, 1.807) is 12.1 Å². The number of aliphatic hydroxyl groups excluding tert-OH is 2. The lowest BCUT2D eigenvalue weighted by molar-refractivity contribution is -0.143. The van der Waals surface area contributed by atoms with Crippen LogP contribution in [0, 0.1) is 5.82 Å². The van der Waals surface area contributed by atoms with E-state index in [0.29, 0.717) is 23.4 Å². The molecule has 2 unspecified atom stereocenters. The number of para-hydroxylation sites is 1. The molecule has 0 saturated carbocycles. The number of benzene rings is 3. The van der Waals surface area contributed by atoms with E-state index in [-0.39, 0.29) is 37.0 Å². The van der Waals surface area contributed by atoms with Crippen molar-refractivity contribution in [1.82, 2.24) is 4.57 Å². The maximum atomic E-state index is 14.1. The van der Waals surface area contributed by atoms with Crippen molar-refractivity contribution >= 4 is 17.6 Å². The summed E-state index contributed by atoms with van der Waals surface area (Å²) in [5.41, 5.74) is 4.95. The lowest BCUT2D eigenvalue weighted by Crippen LogP contribution is -2.23. The van der Waals surface area contributed by atoms with Crippen LogP contribution in [0.15, 0.2) is 84.9 Å². The predicted molar refractivity (Wildman–Crippen MR) is 162 cm³/mol. The van der Waals surface area contributed by atoms with Gasteiger partial charge in [0.15, 0.2) is 0 Å². The normalized spacial score (nSPS) is 12.6. The quantitative estimate of drug-likeness (QED) is 0.171. The molecule has 220 valence electrons. The summed E-state index contributed by atoms with van der Waals surface area (Å²) in [6.45, 7) is 3.98. The van der Waals surface area contributed by atoms with Gasteiger partial charge in [0.2, 0.25) is 0 Å². The van der Waals surface area contributed by atoms with Crippen LogP contribution in [0.5, 0.6) is 0 Å². The van der Waals surface area contributed by atoms with Crippen LogP contribution in [-0.4, -0.2) is 46.0 Å². The van der Waals surface area contributed by atoms with Gasteiger partial charge in [-0.1, -0.05) is 60.7 Å². The fraction of sp³-hybridized carbons (Fsp3) is 0.294. The number of hydrogen-bond donors (Lipinski definition) is 3. The average molecular weight is 573 g/mol. The number of aromatic nitrogens is 1. The molecule has 2 atom stereocenters. The van der Waals surface area contributed by atoms with Crippen molar-refractivity contribution in [2.75, 3.05) is 12.4 Å². The Balaban J connectivity index is 1.86. The Morgan fingerprint density at radius 1 is 0.857 bits per heavy atom. The standard InChI is InChI=1S/C34H37FN2O5/c1-22(2)37-29(19-18-27(38)20-28(39)21-30(40)42-3)31(24-14-16-25(35)17-15-24)32(23-10-6-4-7-11-23)33(37)34(41)36-26-12-8-5-9-13-26/h4-17,22,27-28,38-39H,18-21H2,1-3H3,(H,36,41). The first kappa shape index (κ1) is 30.7. The van der Waals surface area contributed by atoms with E-state index in [9.17, 15) is 24.2 Å². The summed E-state index contributed by atoms with van der Waals surface area (Å²) in [5, 5.41) is 24.1. The molecule has 0 aliphatic rings. The molecule has 4 aromatic rings. The molecule has 0 aliphatic heterocycles. The third kappa shape index (κ3) is 7.32. The van der Waals surface area contributed by atoms with Gasteiger partial charge in [-0.05, 0) is 68.5 Å². The van der Waals surface area contributed by atoms with Crippen LogP contribution >= 0.6 is 0 Å². The number of nitrogens with zero attached hydrogens (tertiary/aromatic N) is 1. The minimum Gasteiger partial charge on any atom is -0.469 e. The molecule has 1 aromatic heterocycles. The molecule has 4 rings (SSSR count). The first-order valence-corrected chi connectivity index (χ1v) is 14.1. The number of amides is 1. The molecule has 0 aliphatic carbocycles. The SMILES string of the molecule is COC(=O)CC(O)CC(O)CCc1c(-c2ccc(F)cc2)c(-c2ccccc2)c(C(=O)Nc2ccccc2)n1C(C)C. The number of carbonyl (C=O) groups is 2. The molecule has 3 N–H and O–H groups in total. The minimum atomic E-state index is -1.05. The van der Waals surface area contributed by atoms with Gasteiger partial charge >= 0.3 is 5.97 Å². The van der Waals surface area contributed by atoms with Crippen LogP contribution < -0.4 is 5.32 Å². The van der Waals surface area contributed by atoms with Crippen LogP contribution in [0.2, 0.25) is 0 Å². The number of hydrogen-bond acceptors (Lipinski definition) is 5. The number of aliphatic hydroxyl groups is 2. The van der Waals surface area contributed by atoms with E-state index in [4.69, 9.17) is 0 Å². The number of nitrogens with one attached hydrogen (secondary N) is 1. The first-order chi connectivity index (χ1) is 20.2. The van der Waals surface area contributed by atoms with Crippen molar-refractivity contribution in [2.24, 2.45) is 0 Å². The van der Waals surface area contributed by atoms with Gasteiger partial charge in [-0.3, -0.25) is 9.59 Å².